The molecule has 0 heterocycles. The molecule has 0 aliphatic carbocycles. The van der Waals surface area contributed by atoms with Crippen LogP contribution in [0.5, 0.6) is 23.0 Å². The Balaban J connectivity index is 2.26. The van der Waals surface area contributed by atoms with Gasteiger partial charge in [0.15, 0.2) is 5.96 Å². The maximum atomic E-state index is 12.4. The standard InChI is InChI=1S/C20H24N4O5/c1-26-13-10-17(28-3)14(18(11-13)29-4)6-8-19(25)23-12-5-7-16(27-2)15(9-12)24-20(21)22/h5-11H,1-4H3,(H,23,25)(H4,21,22,24)/b8-6+. The Labute approximate surface area is 168 Å². The molecule has 1 amide bonds. The average Bonchev–Trinajstić information content (AvgIpc) is 2.71. The first-order chi connectivity index (χ1) is 13.9. The van der Waals surface area contributed by atoms with E-state index in [2.05, 4.69) is 10.3 Å². The molecule has 0 saturated heterocycles. The van der Waals surface area contributed by atoms with Crippen LogP contribution in [-0.4, -0.2) is 40.3 Å². The molecule has 0 atom stereocenters. The van der Waals surface area contributed by atoms with E-state index < -0.39 is 0 Å². The van der Waals surface area contributed by atoms with Gasteiger partial charge in [0.25, 0.3) is 0 Å². The molecule has 0 aromatic heterocycles. The van der Waals surface area contributed by atoms with Gasteiger partial charge in [-0.3, -0.25) is 4.79 Å². The number of rotatable bonds is 8. The van der Waals surface area contributed by atoms with Gasteiger partial charge < -0.3 is 35.7 Å². The highest BCUT2D eigenvalue weighted by Crippen LogP contribution is 2.35. The lowest BCUT2D eigenvalue weighted by atomic mass is 10.1. The third-order valence-corrected chi connectivity index (χ3v) is 3.85. The molecule has 9 heteroatoms. The lowest BCUT2D eigenvalue weighted by Gasteiger charge is -2.12. The van der Waals surface area contributed by atoms with Crippen LogP contribution in [0.25, 0.3) is 6.08 Å². The van der Waals surface area contributed by atoms with Crippen molar-refractivity contribution in [3.8, 4) is 23.0 Å². The number of nitrogens with two attached hydrogens (primary N) is 2. The van der Waals surface area contributed by atoms with Gasteiger partial charge in [-0.1, -0.05) is 0 Å². The van der Waals surface area contributed by atoms with Gasteiger partial charge in [-0.05, 0) is 24.3 Å². The molecule has 0 aliphatic rings. The van der Waals surface area contributed by atoms with E-state index in [1.807, 2.05) is 0 Å². The smallest absolute Gasteiger partial charge is 0.248 e. The Morgan fingerprint density at radius 2 is 1.55 bits per heavy atom. The van der Waals surface area contributed by atoms with Crippen LogP contribution in [0.2, 0.25) is 0 Å². The van der Waals surface area contributed by atoms with E-state index in [0.717, 1.165) is 0 Å². The lowest BCUT2D eigenvalue weighted by molar-refractivity contribution is -0.111. The van der Waals surface area contributed by atoms with Crippen molar-refractivity contribution in [1.29, 1.82) is 0 Å². The highest BCUT2D eigenvalue weighted by Gasteiger charge is 2.12. The number of amides is 1. The summed E-state index contributed by atoms with van der Waals surface area (Å²) in [7, 11) is 6.09. The number of nitrogens with one attached hydrogen (secondary N) is 1. The maximum absolute atomic E-state index is 12.4. The number of anilines is 1. The van der Waals surface area contributed by atoms with Gasteiger partial charge in [-0.2, -0.15) is 0 Å². The van der Waals surface area contributed by atoms with Gasteiger partial charge in [0.05, 0.1) is 34.0 Å². The molecule has 0 bridgehead atoms. The van der Waals surface area contributed by atoms with Crippen molar-refractivity contribution in [2.24, 2.45) is 16.5 Å². The molecule has 2 aromatic carbocycles. The number of nitrogens with zero attached hydrogens (tertiary/aromatic N) is 1. The Kier molecular flexibility index (Phi) is 7.30. The van der Waals surface area contributed by atoms with Gasteiger partial charge in [0.1, 0.15) is 28.7 Å². The van der Waals surface area contributed by atoms with Gasteiger partial charge in [-0.15, -0.1) is 0 Å². The van der Waals surface area contributed by atoms with Gasteiger partial charge in [0, 0.05) is 23.9 Å². The Bertz CT molecular complexity index is 911. The molecule has 5 N–H and O–H groups in total. The predicted molar refractivity (Wildman–Crippen MR) is 112 cm³/mol. The topological polar surface area (TPSA) is 130 Å². The van der Waals surface area contributed by atoms with Gasteiger partial charge in [-0.25, -0.2) is 4.99 Å². The van der Waals surface area contributed by atoms with E-state index in [1.165, 1.54) is 27.4 Å². The van der Waals surface area contributed by atoms with Crippen LogP contribution in [0.4, 0.5) is 11.4 Å². The number of carbonyl (C=O) groups is 1. The van der Waals surface area contributed by atoms with Crippen LogP contribution in [0.15, 0.2) is 41.4 Å². The third kappa shape index (κ3) is 5.55. The molecule has 0 fully saturated rings. The number of ether oxygens (including phenoxy) is 4. The van der Waals surface area contributed by atoms with Crippen molar-refractivity contribution < 1.29 is 23.7 Å². The second kappa shape index (κ2) is 9.88. The zero-order valence-corrected chi connectivity index (χ0v) is 16.7. The number of aliphatic imine (C=N–C) groups is 1. The average molecular weight is 400 g/mol. The van der Waals surface area contributed by atoms with Crippen molar-refractivity contribution >= 4 is 29.3 Å². The molecule has 0 radical (unpaired) electrons. The quantitative estimate of drug-likeness (QED) is 0.352. The molecule has 154 valence electrons. The van der Waals surface area contributed by atoms with Crippen LogP contribution in [0.3, 0.4) is 0 Å². The fourth-order valence-electron chi connectivity index (χ4n) is 2.53. The summed E-state index contributed by atoms with van der Waals surface area (Å²) >= 11 is 0. The molecule has 29 heavy (non-hydrogen) atoms. The normalized spacial score (nSPS) is 10.3. The second-order valence-electron chi connectivity index (χ2n) is 5.69. The van der Waals surface area contributed by atoms with Crippen molar-refractivity contribution in [2.75, 3.05) is 33.8 Å². The number of hydrogen-bond acceptors (Lipinski definition) is 6. The molecule has 0 aliphatic heterocycles. The molecular weight excluding hydrogens is 376 g/mol. The number of hydrogen-bond donors (Lipinski definition) is 3. The summed E-state index contributed by atoms with van der Waals surface area (Å²) in [5.74, 6) is 1.57. The zero-order chi connectivity index (χ0) is 21.4. The van der Waals surface area contributed by atoms with Crippen molar-refractivity contribution in [3.63, 3.8) is 0 Å². The lowest BCUT2D eigenvalue weighted by Crippen LogP contribution is -2.22. The van der Waals surface area contributed by atoms with Crippen LogP contribution in [-0.2, 0) is 4.79 Å². The fourth-order valence-corrected chi connectivity index (χ4v) is 2.53. The molecular formula is C20H24N4O5. The summed E-state index contributed by atoms with van der Waals surface area (Å²) in [4.78, 5) is 16.4. The summed E-state index contributed by atoms with van der Waals surface area (Å²) < 4.78 is 21.1. The third-order valence-electron chi connectivity index (χ3n) is 3.85. The Hall–Kier alpha value is -3.88. The highest BCUT2D eigenvalue weighted by molar-refractivity contribution is 6.02. The monoisotopic (exact) mass is 400 g/mol. The van der Waals surface area contributed by atoms with Crippen molar-refractivity contribution in [1.82, 2.24) is 0 Å². The van der Waals surface area contributed by atoms with Crippen LogP contribution in [0.1, 0.15) is 5.56 Å². The number of carbonyl (C=O) groups excluding carboxylic acids is 1. The van der Waals surface area contributed by atoms with Crippen molar-refractivity contribution in [2.45, 2.75) is 0 Å². The maximum Gasteiger partial charge on any atom is 0.248 e. The minimum absolute atomic E-state index is 0.120. The van der Waals surface area contributed by atoms with Crippen LogP contribution < -0.4 is 35.7 Å². The first-order valence-corrected chi connectivity index (χ1v) is 8.48. The zero-order valence-electron chi connectivity index (χ0n) is 16.7. The van der Waals surface area contributed by atoms with Crippen LogP contribution in [0, 0.1) is 0 Å². The minimum atomic E-state index is -0.370. The van der Waals surface area contributed by atoms with E-state index in [9.17, 15) is 4.79 Å². The fraction of sp³-hybridized carbons (Fsp3) is 0.200. The highest BCUT2D eigenvalue weighted by atomic mass is 16.5. The van der Waals surface area contributed by atoms with E-state index in [1.54, 1.807) is 43.5 Å². The number of methoxy groups -OCH3 is 4. The van der Waals surface area contributed by atoms with Crippen LogP contribution >= 0.6 is 0 Å². The first kappa shape index (κ1) is 21.4. The first-order valence-electron chi connectivity index (χ1n) is 8.48. The number of benzene rings is 2. The van der Waals surface area contributed by atoms with Crippen molar-refractivity contribution in [3.05, 3.63) is 42.0 Å². The molecule has 9 nitrogen and oxygen atoms in total. The summed E-state index contributed by atoms with van der Waals surface area (Å²) in [6.45, 7) is 0. The SMILES string of the molecule is COc1cc(OC)c(/C=C/C(=O)Nc2ccc(OC)c(N=C(N)N)c2)c(OC)c1. The van der Waals surface area contributed by atoms with E-state index in [0.29, 0.717) is 39.9 Å². The van der Waals surface area contributed by atoms with Gasteiger partial charge in [0.2, 0.25) is 5.91 Å². The predicted octanol–water partition coefficient (Wildman–Crippen LogP) is 2.28. The summed E-state index contributed by atoms with van der Waals surface area (Å²) in [5, 5.41) is 2.74. The summed E-state index contributed by atoms with van der Waals surface area (Å²) in [5.41, 5.74) is 12.3. The minimum Gasteiger partial charge on any atom is -0.496 e. The summed E-state index contributed by atoms with van der Waals surface area (Å²) in [6.07, 6.45) is 2.95. The van der Waals surface area contributed by atoms with E-state index in [-0.39, 0.29) is 11.9 Å². The molecule has 0 unspecified atom stereocenters. The molecule has 0 saturated carbocycles. The van der Waals surface area contributed by atoms with E-state index >= 15 is 0 Å². The molecule has 2 aromatic rings. The van der Waals surface area contributed by atoms with E-state index in [4.69, 9.17) is 30.4 Å². The Morgan fingerprint density at radius 3 is 2.07 bits per heavy atom. The largest absolute Gasteiger partial charge is 0.496 e. The number of guanidine groups is 1. The summed E-state index contributed by atoms with van der Waals surface area (Å²) in [6, 6.07) is 8.32. The second-order valence-corrected chi connectivity index (χ2v) is 5.69. The Morgan fingerprint density at radius 1 is 0.931 bits per heavy atom. The van der Waals surface area contributed by atoms with Gasteiger partial charge >= 0.3 is 0 Å². The molecule has 2 rings (SSSR count). The molecule has 0 spiro atoms.